The first-order valence-corrected chi connectivity index (χ1v) is 5.07. The molecule has 0 spiro atoms. The Morgan fingerprint density at radius 3 is 3.29 bits per heavy atom. The van der Waals surface area contributed by atoms with Crippen LogP contribution in [0.5, 0.6) is 0 Å². The molecule has 0 unspecified atom stereocenters. The number of pyridine rings is 1. The lowest BCUT2D eigenvalue weighted by molar-refractivity contribution is 0.524. The number of nitrogens with one attached hydrogen (secondary N) is 1. The Labute approximate surface area is 86.7 Å². The summed E-state index contributed by atoms with van der Waals surface area (Å²) < 4.78 is 2.25. The van der Waals surface area contributed by atoms with Crippen molar-refractivity contribution in [3.05, 3.63) is 29.0 Å². The minimum Gasteiger partial charge on any atom is -0.327 e. The molecule has 3 heterocycles. The topological polar surface area (TPSA) is 29.9 Å². The lowest BCUT2D eigenvalue weighted by atomic mass is 10.3. The van der Waals surface area contributed by atoms with Crippen molar-refractivity contribution in [3.8, 4) is 0 Å². The van der Waals surface area contributed by atoms with Crippen molar-refractivity contribution in [2.24, 2.45) is 0 Å². The van der Waals surface area contributed by atoms with E-state index >= 15 is 0 Å². The highest BCUT2D eigenvalue weighted by atomic mass is 35.5. The molecular formula is C10H10ClN3. The maximum atomic E-state index is 5.89. The summed E-state index contributed by atoms with van der Waals surface area (Å²) in [6, 6.07) is 4.12. The molecule has 0 saturated carbocycles. The average molecular weight is 208 g/mol. The molecule has 14 heavy (non-hydrogen) atoms. The molecule has 0 radical (unpaired) electrons. The third-order valence-electron chi connectivity index (χ3n) is 2.60. The Bertz CT molecular complexity index is 489. The highest BCUT2D eigenvalue weighted by Gasteiger charge is 2.12. The van der Waals surface area contributed by atoms with Gasteiger partial charge in [0, 0.05) is 36.9 Å². The summed E-state index contributed by atoms with van der Waals surface area (Å²) in [6.07, 6.45) is 1.71. The van der Waals surface area contributed by atoms with E-state index < -0.39 is 0 Å². The average Bonchev–Trinajstić information content (AvgIpc) is 2.54. The molecule has 0 aliphatic carbocycles. The molecule has 0 atom stereocenters. The first kappa shape index (κ1) is 8.26. The first-order chi connectivity index (χ1) is 6.84. The molecule has 2 aromatic rings. The van der Waals surface area contributed by atoms with Crippen LogP contribution in [0.2, 0.25) is 5.02 Å². The molecule has 0 fully saturated rings. The van der Waals surface area contributed by atoms with E-state index in [4.69, 9.17) is 11.6 Å². The smallest absolute Gasteiger partial charge is 0.140 e. The molecule has 2 aromatic heterocycles. The molecule has 0 amide bonds. The summed E-state index contributed by atoms with van der Waals surface area (Å²) in [4.78, 5) is 4.36. The van der Waals surface area contributed by atoms with Gasteiger partial charge in [-0.3, -0.25) is 0 Å². The SMILES string of the molecule is Clc1cnc2c(c1)cc1n2CCNC1. The minimum absolute atomic E-state index is 0.702. The second-order valence-electron chi connectivity index (χ2n) is 3.53. The van der Waals surface area contributed by atoms with E-state index in [1.54, 1.807) is 6.20 Å². The van der Waals surface area contributed by atoms with E-state index in [0.29, 0.717) is 5.02 Å². The van der Waals surface area contributed by atoms with Crippen molar-refractivity contribution in [1.82, 2.24) is 14.9 Å². The lowest BCUT2D eigenvalue weighted by Gasteiger charge is -2.16. The second-order valence-corrected chi connectivity index (χ2v) is 3.97. The monoisotopic (exact) mass is 207 g/mol. The summed E-state index contributed by atoms with van der Waals surface area (Å²) in [7, 11) is 0. The van der Waals surface area contributed by atoms with E-state index in [1.165, 1.54) is 5.69 Å². The fraction of sp³-hybridized carbons (Fsp3) is 0.300. The molecule has 0 saturated heterocycles. The van der Waals surface area contributed by atoms with Gasteiger partial charge in [0.2, 0.25) is 0 Å². The Morgan fingerprint density at radius 1 is 1.43 bits per heavy atom. The quantitative estimate of drug-likeness (QED) is 0.714. The van der Waals surface area contributed by atoms with Crippen molar-refractivity contribution < 1.29 is 0 Å². The van der Waals surface area contributed by atoms with Gasteiger partial charge in [-0.2, -0.15) is 0 Å². The van der Waals surface area contributed by atoms with Gasteiger partial charge in [-0.15, -0.1) is 0 Å². The number of aromatic nitrogens is 2. The Hall–Kier alpha value is -1.06. The van der Waals surface area contributed by atoms with Crippen LogP contribution < -0.4 is 5.32 Å². The fourth-order valence-electron chi connectivity index (χ4n) is 1.98. The van der Waals surface area contributed by atoms with Gasteiger partial charge in [0.25, 0.3) is 0 Å². The summed E-state index contributed by atoms with van der Waals surface area (Å²) in [5.74, 6) is 0. The number of fused-ring (bicyclic) bond motifs is 3. The number of nitrogens with zero attached hydrogens (tertiary/aromatic N) is 2. The molecule has 1 aliphatic heterocycles. The van der Waals surface area contributed by atoms with Gasteiger partial charge in [0.15, 0.2) is 0 Å². The third-order valence-corrected chi connectivity index (χ3v) is 2.81. The van der Waals surface area contributed by atoms with Crippen LogP contribution >= 0.6 is 11.6 Å². The van der Waals surface area contributed by atoms with Crippen LogP contribution in [-0.4, -0.2) is 16.1 Å². The van der Waals surface area contributed by atoms with E-state index in [1.807, 2.05) is 6.07 Å². The number of rotatable bonds is 0. The Balaban J connectivity index is 2.31. The van der Waals surface area contributed by atoms with Crippen molar-refractivity contribution in [2.45, 2.75) is 13.1 Å². The minimum atomic E-state index is 0.702. The van der Waals surface area contributed by atoms with Crippen LogP contribution in [0.3, 0.4) is 0 Å². The van der Waals surface area contributed by atoms with Gasteiger partial charge in [-0.05, 0) is 12.1 Å². The fourth-order valence-corrected chi connectivity index (χ4v) is 2.14. The summed E-state index contributed by atoms with van der Waals surface area (Å²) in [5.41, 5.74) is 2.34. The highest BCUT2D eigenvalue weighted by molar-refractivity contribution is 6.31. The van der Waals surface area contributed by atoms with Gasteiger partial charge in [-0.1, -0.05) is 11.6 Å². The van der Waals surface area contributed by atoms with E-state index in [9.17, 15) is 0 Å². The maximum absolute atomic E-state index is 5.89. The van der Waals surface area contributed by atoms with E-state index in [-0.39, 0.29) is 0 Å². The zero-order valence-electron chi connectivity index (χ0n) is 7.63. The van der Waals surface area contributed by atoms with Gasteiger partial charge in [0.05, 0.1) is 5.02 Å². The maximum Gasteiger partial charge on any atom is 0.140 e. The molecule has 0 aromatic carbocycles. The second kappa shape index (κ2) is 2.97. The molecular weight excluding hydrogens is 198 g/mol. The Morgan fingerprint density at radius 2 is 2.36 bits per heavy atom. The third kappa shape index (κ3) is 1.13. The first-order valence-electron chi connectivity index (χ1n) is 4.69. The van der Waals surface area contributed by atoms with Crippen molar-refractivity contribution in [3.63, 3.8) is 0 Å². The van der Waals surface area contributed by atoms with Crippen LogP contribution in [0, 0.1) is 0 Å². The van der Waals surface area contributed by atoms with Gasteiger partial charge < -0.3 is 9.88 Å². The molecule has 0 bridgehead atoms. The molecule has 1 N–H and O–H groups in total. The predicted molar refractivity (Wildman–Crippen MR) is 56.4 cm³/mol. The summed E-state index contributed by atoms with van der Waals surface area (Å²) in [5, 5.41) is 5.17. The summed E-state index contributed by atoms with van der Waals surface area (Å²) >= 11 is 5.89. The van der Waals surface area contributed by atoms with Gasteiger partial charge >= 0.3 is 0 Å². The molecule has 3 rings (SSSR count). The van der Waals surface area contributed by atoms with Crippen LogP contribution in [0.25, 0.3) is 11.0 Å². The van der Waals surface area contributed by atoms with Crippen molar-refractivity contribution in [2.75, 3.05) is 6.54 Å². The predicted octanol–water partition coefficient (Wildman–Crippen LogP) is 1.79. The molecule has 4 heteroatoms. The van der Waals surface area contributed by atoms with Crippen LogP contribution in [0.15, 0.2) is 18.3 Å². The van der Waals surface area contributed by atoms with Crippen LogP contribution in [0.4, 0.5) is 0 Å². The normalized spacial score (nSPS) is 15.8. The zero-order chi connectivity index (χ0) is 9.54. The molecule has 1 aliphatic rings. The largest absolute Gasteiger partial charge is 0.327 e. The lowest BCUT2D eigenvalue weighted by Crippen LogP contribution is -2.27. The standard InChI is InChI=1S/C10H10ClN3/c11-8-3-7-4-9-6-12-1-2-14(9)10(7)13-5-8/h3-5,12H,1-2,6H2. The van der Waals surface area contributed by atoms with Crippen LogP contribution in [-0.2, 0) is 13.1 Å². The van der Waals surface area contributed by atoms with Crippen LogP contribution in [0.1, 0.15) is 5.69 Å². The Kier molecular flexibility index (Phi) is 1.75. The van der Waals surface area contributed by atoms with E-state index in [2.05, 4.69) is 20.9 Å². The zero-order valence-corrected chi connectivity index (χ0v) is 8.38. The molecule has 3 nitrogen and oxygen atoms in total. The van der Waals surface area contributed by atoms with E-state index in [0.717, 1.165) is 30.7 Å². The highest BCUT2D eigenvalue weighted by Crippen LogP contribution is 2.22. The van der Waals surface area contributed by atoms with Gasteiger partial charge in [0.1, 0.15) is 5.65 Å². The number of hydrogen-bond donors (Lipinski definition) is 1. The number of hydrogen-bond acceptors (Lipinski definition) is 2. The number of halogens is 1. The van der Waals surface area contributed by atoms with Crippen molar-refractivity contribution >= 4 is 22.6 Å². The van der Waals surface area contributed by atoms with Crippen molar-refractivity contribution in [1.29, 1.82) is 0 Å². The summed E-state index contributed by atoms with van der Waals surface area (Å²) in [6.45, 7) is 2.93. The molecule has 72 valence electrons. The van der Waals surface area contributed by atoms with Gasteiger partial charge in [-0.25, -0.2) is 4.98 Å².